The molecule has 146 valence electrons. The highest BCUT2D eigenvalue weighted by Crippen LogP contribution is 2.21. The molecule has 0 aliphatic rings. The van der Waals surface area contributed by atoms with Crippen LogP contribution in [0, 0.1) is 0 Å². The lowest BCUT2D eigenvalue weighted by molar-refractivity contribution is 0.102. The van der Waals surface area contributed by atoms with Gasteiger partial charge in [0.05, 0.1) is 17.1 Å². The molecule has 27 heavy (non-hydrogen) atoms. The number of unbranched alkanes of at least 4 members (excludes halogenated alkanes) is 2. The van der Waals surface area contributed by atoms with Crippen LogP contribution in [0.15, 0.2) is 53.4 Å². The maximum atomic E-state index is 12.6. The molecule has 2 rings (SSSR count). The Labute approximate surface area is 161 Å². The highest BCUT2D eigenvalue weighted by Gasteiger charge is 2.17. The van der Waals surface area contributed by atoms with E-state index in [2.05, 4.69) is 12.2 Å². The van der Waals surface area contributed by atoms with Gasteiger partial charge in [0, 0.05) is 19.8 Å². The number of nitrogens with zero attached hydrogens (tertiary/aromatic N) is 1. The van der Waals surface area contributed by atoms with E-state index in [1.165, 1.54) is 26.2 Å². The van der Waals surface area contributed by atoms with Crippen molar-refractivity contribution < 1.29 is 17.9 Å². The number of ether oxygens (including phenoxy) is 1. The van der Waals surface area contributed by atoms with Gasteiger partial charge in [-0.3, -0.25) is 4.79 Å². The third-order valence-electron chi connectivity index (χ3n) is 4.03. The van der Waals surface area contributed by atoms with E-state index >= 15 is 0 Å². The van der Waals surface area contributed by atoms with Crippen molar-refractivity contribution >= 4 is 21.6 Å². The Morgan fingerprint density at radius 1 is 1.04 bits per heavy atom. The summed E-state index contributed by atoms with van der Waals surface area (Å²) >= 11 is 0. The van der Waals surface area contributed by atoms with Gasteiger partial charge >= 0.3 is 0 Å². The number of sulfonamides is 1. The van der Waals surface area contributed by atoms with Gasteiger partial charge in [0.25, 0.3) is 5.91 Å². The van der Waals surface area contributed by atoms with Gasteiger partial charge < -0.3 is 10.1 Å². The summed E-state index contributed by atoms with van der Waals surface area (Å²) in [6.07, 6.45) is 3.12. The number of carbonyl (C=O) groups excluding carboxylic acids is 1. The minimum absolute atomic E-state index is 0.171. The second-order valence-electron chi connectivity index (χ2n) is 6.32. The van der Waals surface area contributed by atoms with E-state index in [-0.39, 0.29) is 10.8 Å². The normalized spacial score (nSPS) is 11.4. The summed E-state index contributed by atoms with van der Waals surface area (Å²) in [6, 6.07) is 13.2. The Bertz CT molecular complexity index is 862. The zero-order chi connectivity index (χ0) is 19.9. The number of rotatable bonds is 9. The Morgan fingerprint density at radius 3 is 2.33 bits per heavy atom. The predicted octanol–water partition coefficient (Wildman–Crippen LogP) is 3.76. The van der Waals surface area contributed by atoms with Crippen LogP contribution in [-0.2, 0) is 10.0 Å². The number of benzene rings is 2. The average Bonchev–Trinajstić information content (AvgIpc) is 2.66. The summed E-state index contributed by atoms with van der Waals surface area (Å²) in [4.78, 5) is 12.8. The van der Waals surface area contributed by atoms with E-state index in [0.29, 0.717) is 23.6 Å². The van der Waals surface area contributed by atoms with Gasteiger partial charge in [-0.25, -0.2) is 12.7 Å². The SMILES string of the molecule is CCCCCOc1ccccc1C(=O)Nc1ccc(S(=O)(=O)N(C)C)cc1. The van der Waals surface area contributed by atoms with Crippen LogP contribution in [0.1, 0.15) is 36.5 Å². The van der Waals surface area contributed by atoms with Gasteiger partial charge in [0.1, 0.15) is 5.75 Å². The van der Waals surface area contributed by atoms with Crippen molar-refractivity contribution in [1.82, 2.24) is 4.31 Å². The van der Waals surface area contributed by atoms with E-state index in [1.54, 1.807) is 30.3 Å². The molecular formula is C20H26N2O4S. The van der Waals surface area contributed by atoms with Gasteiger partial charge in [0.15, 0.2) is 0 Å². The van der Waals surface area contributed by atoms with Crippen LogP contribution in [0.4, 0.5) is 5.69 Å². The summed E-state index contributed by atoms with van der Waals surface area (Å²) in [5.41, 5.74) is 0.956. The standard InChI is InChI=1S/C20H26N2O4S/c1-4-5-8-15-26-19-10-7-6-9-18(19)20(23)21-16-11-13-17(14-12-16)27(24,25)22(2)3/h6-7,9-14H,4-5,8,15H2,1-3H3,(H,21,23). The third-order valence-corrected chi connectivity index (χ3v) is 5.86. The lowest BCUT2D eigenvalue weighted by atomic mass is 10.2. The molecule has 2 aromatic carbocycles. The van der Waals surface area contributed by atoms with Crippen molar-refractivity contribution in [3.63, 3.8) is 0 Å². The largest absolute Gasteiger partial charge is 0.493 e. The Kier molecular flexibility index (Phi) is 7.38. The van der Waals surface area contributed by atoms with Gasteiger partial charge in [-0.15, -0.1) is 0 Å². The molecule has 2 aromatic rings. The zero-order valence-corrected chi connectivity index (χ0v) is 16.8. The van der Waals surface area contributed by atoms with Crippen LogP contribution in [0.25, 0.3) is 0 Å². The van der Waals surface area contributed by atoms with Crippen LogP contribution < -0.4 is 10.1 Å². The summed E-state index contributed by atoms with van der Waals surface area (Å²) in [7, 11) is -0.546. The molecule has 7 heteroatoms. The van der Waals surface area contributed by atoms with Crippen molar-refractivity contribution in [2.45, 2.75) is 31.1 Å². The number of hydrogen-bond acceptors (Lipinski definition) is 4. The molecule has 0 aliphatic carbocycles. The maximum absolute atomic E-state index is 12.6. The molecule has 0 atom stereocenters. The topological polar surface area (TPSA) is 75.7 Å². The Morgan fingerprint density at radius 2 is 1.70 bits per heavy atom. The van der Waals surface area contributed by atoms with Crippen LogP contribution in [0.5, 0.6) is 5.75 Å². The monoisotopic (exact) mass is 390 g/mol. The highest BCUT2D eigenvalue weighted by atomic mass is 32.2. The lowest BCUT2D eigenvalue weighted by Gasteiger charge is -2.13. The fourth-order valence-electron chi connectivity index (χ4n) is 2.43. The Hall–Kier alpha value is -2.38. The average molecular weight is 391 g/mol. The number of carbonyl (C=O) groups is 1. The molecule has 0 heterocycles. The predicted molar refractivity (Wildman–Crippen MR) is 107 cm³/mol. The summed E-state index contributed by atoms with van der Waals surface area (Å²) in [5.74, 6) is 0.238. The minimum atomic E-state index is -3.50. The minimum Gasteiger partial charge on any atom is -0.493 e. The number of para-hydroxylation sites is 1. The van der Waals surface area contributed by atoms with Crippen LogP contribution in [0.3, 0.4) is 0 Å². The smallest absolute Gasteiger partial charge is 0.259 e. The second kappa shape index (κ2) is 9.53. The van der Waals surface area contributed by atoms with E-state index in [1.807, 2.05) is 6.07 Å². The van der Waals surface area contributed by atoms with E-state index in [0.717, 1.165) is 23.6 Å². The third kappa shape index (κ3) is 5.55. The van der Waals surface area contributed by atoms with Crippen LogP contribution in [0.2, 0.25) is 0 Å². The first-order chi connectivity index (χ1) is 12.9. The number of anilines is 1. The summed E-state index contributed by atoms with van der Waals surface area (Å²) in [6.45, 7) is 2.69. The van der Waals surface area contributed by atoms with Crippen LogP contribution in [-0.4, -0.2) is 39.3 Å². The first-order valence-corrected chi connectivity index (χ1v) is 10.4. The molecular weight excluding hydrogens is 364 g/mol. The van der Waals surface area contributed by atoms with Gasteiger partial charge in [-0.05, 0) is 42.8 Å². The molecule has 0 fully saturated rings. The molecule has 6 nitrogen and oxygen atoms in total. The summed E-state index contributed by atoms with van der Waals surface area (Å²) < 4.78 is 31.1. The quantitative estimate of drug-likeness (QED) is 0.662. The fraction of sp³-hybridized carbons (Fsp3) is 0.350. The zero-order valence-electron chi connectivity index (χ0n) is 15.9. The molecule has 0 unspecified atom stereocenters. The van der Waals surface area contributed by atoms with E-state index < -0.39 is 10.0 Å². The van der Waals surface area contributed by atoms with Gasteiger partial charge in [0.2, 0.25) is 10.0 Å². The molecule has 1 amide bonds. The van der Waals surface area contributed by atoms with Crippen molar-refractivity contribution in [2.75, 3.05) is 26.0 Å². The van der Waals surface area contributed by atoms with Crippen molar-refractivity contribution in [1.29, 1.82) is 0 Å². The fourth-order valence-corrected chi connectivity index (χ4v) is 3.34. The highest BCUT2D eigenvalue weighted by molar-refractivity contribution is 7.89. The number of amides is 1. The van der Waals surface area contributed by atoms with Crippen molar-refractivity contribution in [3.8, 4) is 5.75 Å². The molecule has 0 aliphatic heterocycles. The first kappa shape index (κ1) is 20.9. The number of nitrogens with one attached hydrogen (secondary N) is 1. The van der Waals surface area contributed by atoms with E-state index in [4.69, 9.17) is 4.74 Å². The van der Waals surface area contributed by atoms with Crippen molar-refractivity contribution in [3.05, 3.63) is 54.1 Å². The second-order valence-corrected chi connectivity index (χ2v) is 8.47. The lowest BCUT2D eigenvalue weighted by Crippen LogP contribution is -2.22. The molecule has 0 bridgehead atoms. The van der Waals surface area contributed by atoms with E-state index in [9.17, 15) is 13.2 Å². The van der Waals surface area contributed by atoms with Gasteiger partial charge in [-0.1, -0.05) is 31.9 Å². The molecule has 0 aromatic heterocycles. The van der Waals surface area contributed by atoms with Gasteiger partial charge in [-0.2, -0.15) is 0 Å². The number of hydrogen-bond donors (Lipinski definition) is 1. The molecule has 0 spiro atoms. The summed E-state index contributed by atoms with van der Waals surface area (Å²) in [5, 5.41) is 2.78. The Balaban J connectivity index is 2.09. The van der Waals surface area contributed by atoms with Crippen LogP contribution >= 0.6 is 0 Å². The molecule has 0 radical (unpaired) electrons. The first-order valence-electron chi connectivity index (χ1n) is 8.92. The molecule has 0 saturated carbocycles. The molecule has 0 saturated heterocycles. The van der Waals surface area contributed by atoms with Crippen molar-refractivity contribution in [2.24, 2.45) is 0 Å². The molecule has 1 N–H and O–H groups in total. The maximum Gasteiger partial charge on any atom is 0.259 e.